The third kappa shape index (κ3) is 4.04. The third-order valence-electron chi connectivity index (χ3n) is 5.92. The number of fused-ring (bicyclic) bond motifs is 2. The zero-order valence-corrected chi connectivity index (χ0v) is 18.1. The van der Waals surface area contributed by atoms with E-state index >= 15 is 0 Å². The number of carbonyl (C=O) groups is 1. The Balaban J connectivity index is 1.31. The molecule has 0 aromatic heterocycles. The largest absolute Gasteiger partial charge is 0.454 e. The lowest BCUT2D eigenvalue weighted by Crippen LogP contribution is -2.51. The summed E-state index contributed by atoms with van der Waals surface area (Å²) in [6.07, 6.45) is 0.985. The molecule has 0 radical (unpaired) electrons. The van der Waals surface area contributed by atoms with Crippen molar-refractivity contribution in [3.8, 4) is 11.5 Å². The number of anilines is 1. The summed E-state index contributed by atoms with van der Waals surface area (Å²) in [6, 6.07) is 23.8. The van der Waals surface area contributed by atoms with Crippen LogP contribution in [0.5, 0.6) is 11.5 Å². The fraction of sp³-hybridized carbons (Fsp3) is 0.231. The van der Waals surface area contributed by atoms with Gasteiger partial charge in [-0.1, -0.05) is 43.3 Å². The van der Waals surface area contributed by atoms with Gasteiger partial charge in [0.2, 0.25) is 0 Å². The molecule has 0 spiro atoms. The second-order valence-corrected chi connectivity index (χ2v) is 7.96. The first-order valence-corrected chi connectivity index (χ1v) is 11.1. The van der Waals surface area contributed by atoms with Crippen molar-refractivity contribution in [2.45, 2.75) is 13.3 Å². The van der Waals surface area contributed by atoms with E-state index in [0.29, 0.717) is 26.2 Å². The second kappa shape index (κ2) is 8.75. The molecule has 2 aliphatic heterocycles. The van der Waals surface area contributed by atoms with Gasteiger partial charge in [-0.2, -0.15) is 0 Å². The van der Waals surface area contributed by atoms with Crippen LogP contribution in [0.4, 0.5) is 16.2 Å². The molecule has 2 aliphatic rings. The Morgan fingerprint density at radius 2 is 1.59 bits per heavy atom. The Bertz CT molecular complexity index is 1150. The SMILES string of the molecule is CCc1ccc(NC(=O)N2CCN(C3=Nc4ccccc4Oc4ccccc43)CC2)cc1. The zero-order chi connectivity index (χ0) is 21.9. The predicted octanol–water partition coefficient (Wildman–Crippen LogP) is 5.28. The smallest absolute Gasteiger partial charge is 0.321 e. The highest BCUT2D eigenvalue weighted by Gasteiger charge is 2.27. The molecule has 0 bridgehead atoms. The number of benzene rings is 3. The van der Waals surface area contributed by atoms with Gasteiger partial charge in [-0.3, -0.25) is 0 Å². The van der Waals surface area contributed by atoms with Gasteiger partial charge in [0.05, 0.1) is 5.56 Å². The molecule has 6 nitrogen and oxygen atoms in total. The normalized spacial score (nSPS) is 15.1. The van der Waals surface area contributed by atoms with Gasteiger partial charge in [-0.15, -0.1) is 0 Å². The Morgan fingerprint density at radius 3 is 2.34 bits per heavy atom. The monoisotopic (exact) mass is 426 g/mol. The van der Waals surface area contributed by atoms with Gasteiger partial charge in [0.25, 0.3) is 0 Å². The van der Waals surface area contributed by atoms with E-state index in [-0.39, 0.29) is 6.03 Å². The Morgan fingerprint density at radius 1 is 0.906 bits per heavy atom. The van der Waals surface area contributed by atoms with E-state index in [1.165, 1.54) is 5.56 Å². The van der Waals surface area contributed by atoms with Crippen molar-refractivity contribution in [2.24, 2.45) is 4.99 Å². The maximum absolute atomic E-state index is 12.8. The van der Waals surface area contributed by atoms with Gasteiger partial charge >= 0.3 is 6.03 Å². The lowest BCUT2D eigenvalue weighted by molar-refractivity contribution is 0.181. The number of amides is 2. The van der Waals surface area contributed by atoms with E-state index in [1.807, 2.05) is 65.6 Å². The summed E-state index contributed by atoms with van der Waals surface area (Å²) in [5.74, 6) is 2.44. The van der Waals surface area contributed by atoms with Gasteiger partial charge in [0.15, 0.2) is 5.75 Å². The van der Waals surface area contributed by atoms with Crippen molar-refractivity contribution in [2.75, 3.05) is 31.5 Å². The van der Waals surface area contributed by atoms with Crippen LogP contribution in [0.2, 0.25) is 0 Å². The summed E-state index contributed by atoms with van der Waals surface area (Å²) in [6.45, 7) is 4.79. The van der Waals surface area contributed by atoms with Crippen molar-refractivity contribution >= 4 is 23.2 Å². The maximum atomic E-state index is 12.8. The number of nitrogens with zero attached hydrogens (tertiary/aromatic N) is 3. The van der Waals surface area contributed by atoms with Crippen molar-refractivity contribution in [3.63, 3.8) is 0 Å². The number of amidine groups is 1. The summed E-state index contributed by atoms with van der Waals surface area (Å²) in [7, 11) is 0. The minimum Gasteiger partial charge on any atom is -0.454 e. The molecule has 1 fully saturated rings. The van der Waals surface area contributed by atoms with Crippen LogP contribution in [-0.2, 0) is 6.42 Å². The number of piperazine rings is 1. The Kier molecular flexibility index (Phi) is 5.50. The molecule has 2 amide bonds. The number of hydrogen-bond donors (Lipinski definition) is 1. The molecule has 6 heteroatoms. The summed E-state index contributed by atoms with van der Waals surface area (Å²) in [5, 5.41) is 3.01. The minimum absolute atomic E-state index is 0.0641. The standard InChI is InChI=1S/C26H26N4O2/c1-2-19-11-13-20(14-12-19)27-26(31)30-17-15-29(16-18-30)25-21-7-3-5-9-23(21)32-24-10-6-4-8-22(24)28-25/h3-14H,2,15-18H2,1H3,(H,27,31). The highest BCUT2D eigenvalue weighted by molar-refractivity contribution is 6.04. The molecule has 0 unspecified atom stereocenters. The summed E-state index contributed by atoms with van der Waals surface area (Å²) in [5.41, 5.74) is 3.86. The topological polar surface area (TPSA) is 57.2 Å². The quantitative estimate of drug-likeness (QED) is 0.606. The highest BCUT2D eigenvalue weighted by atomic mass is 16.5. The molecule has 3 aromatic carbocycles. The number of rotatable bonds is 2. The van der Waals surface area contributed by atoms with Crippen LogP contribution in [-0.4, -0.2) is 47.8 Å². The molecular formula is C26H26N4O2. The van der Waals surface area contributed by atoms with Crippen molar-refractivity contribution in [1.29, 1.82) is 0 Å². The van der Waals surface area contributed by atoms with Gasteiger partial charge in [-0.25, -0.2) is 9.79 Å². The van der Waals surface area contributed by atoms with Crippen LogP contribution in [0.25, 0.3) is 0 Å². The number of carbonyl (C=O) groups excluding carboxylic acids is 1. The fourth-order valence-corrected chi connectivity index (χ4v) is 4.06. The first kappa shape index (κ1) is 20.1. The molecule has 1 N–H and O–H groups in total. The van der Waals surface area contributed by atoms with E-state index in [2.05, 4.69) is 29.3 Å². The average Bonchev–Trinajstić information content (AvgIpc) is 3.01. The summed E-state index contributed by atoms with van der Waals surface area (Å²) < 4.78 is 6.15. The van der Waals surface area contributed by atoms with E-state index in [9.17, 15) is 4.79 Å². The van der Waals surface area contributed by atoms with Gasteiger partial charge in [0.1, 0.15) is 17.3 Å². The minimum atomic E-state index is -0.0641. The van der Waals surface area contributed by atoms with Crippen LogP contribution < -0.4 is 10.1 Å². The third-order valence-corrected chi connectivity index (χ3v) is 5.92. The van der Waals surface area contributed by atoms with Gasteiger partial charge < -0.3 is 19.9 Å². The number of aryl methyl sites for hydroxylation is 1. The second-order valence-electron chi connectivity index (χ2n) is 7.96. The maximum Gasteiger partial charge on any atom is 0.321 e. The lowest BCUT2D eigenvalue weighted by Gasteiger charge is -2.36. The van der Waals surface area contributed by atoms with E-state index in [4.69, 9.17) is 9.73 Å². The average molecular weight is 427 g/mol. The molecule has 0 atom stereocenters. The number of hydrogen-bond acceptors (Lipinski definition) is 4. The van der Waals surface area contributed by atoms with Crippen LogP contribution >= 0.6 is 0 Å². The molecule has 3 aromatic rings. The number of ether oxygens (including phenoxy) is 1. The summed E-state index contributed by atoms with van der Waals surface area (Å²) in [4.78, 5) is 21.8. The Hall–Kier alpha value is -3.80. The zero-order valence-electron chi connectivity index (χ0n) is 18.1. The Labute approximate surface area is 188 Å². The molecule has 2 heterocycles. The highest BCUT2D eigenvalue weighted by Crippen LogP contribution is 2.37. The lowest BCUT2D eigenvalue weighted by atomic mass is 10.1. The molecule has 0 aliphatic carbocycles. The molecular weight excluding hydrogens is 400 g/mol. The van der Waals surface area contributed by atoms with Crippen LogP contribution in [0.15, 0.2) is 77.8 Å². The molecule has 32 heavy (non-hydrogen) atoms. The number of para-hydroxylation sites is 3. The molecule has 0 saturated carbocycles. The van der Waals surface area contributed by atoms with Crippen LogP contribution in [0.3, 0.4) is 0 Å². The van der Waals surface area contributed by atoms with E-state index < -0.39 is 0 Å². The van der Waals surface area contributed by atoms with Crippen LogP contribution in [0.1, 0.15) is 18.1 Å². The number of aliphatic imine (C=N–C) groups is 1. The van der Waals surface area contributed by atoms with E-state index in [1.54, 1.807) is 0 Å². The van der Waals surface area contributed by atoms with E-state index in [0.717, 1.165) is 40.7 Å². The molecule has 1 saturated heterocycles. The molecule has 5 rings (SSSR count). The summed E-state index contributed by atoms with van der Waals surface area (Å²) >= 11 is 0. The van der Waals surface area contributed by atoms with Crippen molar-refractivity contribution in [1.82, 2.24) is 9.80 Å². The first-order valence-electron chi connectivity index (χ1n) is 11.1. The first-order chi connectivity index (χ1) is 15.7. The fourth-order valence-electron chi connectivity index (χ4n) is 4.06. The number of nitrogens with one attached hydrogen (secondary N) is 1. The molecule has 162 valence electrons. The van der Waals surface area contributed by atoms with Gasteiger partial charge in [0, 0.05) is 31.9 Å². The van der Waals surface area contributed by atoms with Crippen molar-refractivity contribution in [3.05, 3.63) is 83.9 Å². The van der Waals surface area contributed by atoms with Crippen molar-refractivity contribution < 1.29 is 9.53 Å². The van der Waals surface area contributed by atoms with Gasteiger partial charge in [-0.05, 0) is 48.4 Å². The predicted molar refractivity (Wildman–Crippen MR) is 127 cm³/mol. The number of urea groups is 1. The van der Waals surface area contributed by atoms with Crippen LogP contribution in [0, 0.1) is 0 Å².